The molecule has 2 aromatic rings. The quantitative estimate of drug-likeness (QED) is 0.474. The summed E-state index contributed by atoms with van der Waals surface area (Å²) in [4.78, 5) is 0. The van der Waals surface area contributed by atoms with Crippen molar-refractivity contribution in [3.63, 3.8) is 0 Å². The molecule has 1 aliphatic carbocycles. The zero-order valence-corrected chi connectivity index (χ0v) is 18.0. The normalized spacial score (nSPS) is 16.0. The van der Waals surface area contributed by atoms with Gasteiger partial charge in [-0.25, -0.2) is 0 Å². The summed E-state index contributed by atoms with van der Waals surface area (Å²) in [5.41, 5.74) is 3.65. The third-order valence-corrected chi connectivity index (χ3v) is 8.20. The molecule has 1 fully saturated rings. The Balaban J connectivity index is 0.000000187. The lowest BCUT2D eigenvalue weighted by atomic mass is 9.84. The predicted octanol–water partition coefficient (Wildman–Crippen LogP) is 6.36. The van der Waals surface area contributed by atoms with Gasteiger partial charge in [0, 0.05) is 31.4 Å². The van der Waals surface area contributed by atoms with Crippen molar-refractivity contribution in [1.29, 1.82) is 0 Å². The first kappa shape index (κ1) is 21.4. The Bertz CT molecular complexity index is 562. The number of hydrogen-bond acceptors (Lipinski definition) is 4. The third kappa shape index (κ3) is 5.81. The van der Waals surface area contributed by atoms with Crippen molar-refractivity contribution in [1.82, 2.24) is 0 Å². The van der Waals surface area contributed by atoms with E-state index < -0.39 is 8.80 Å². The van der Waals surface area contributed by atoms with Gasteiger partial charge in [-0.2, -0.15) is 0 Å². The van der Waals surface area contributed by atoms with Crippen LogP contribution in [-0.4, -0.2) is 28.6 Å². The minimum Gasteiger partial charge on any atom is -0.457 e. The molecule has 5 heteroatoms. The van der Waals surface area contributed by atoms with Crippen LogP contribution in [-0.2, 0) is 13.3 Å². The monoisotopic (exact) mass is 380 g/mol. The van der Waals surface area contributed by atoms with Gasteiger partial charge in [-0.15, -0.1) is 0 Å². The van der Waals surface area contributed by atoms with E-state index in [-0.39, 0.29) is 0 Å². The number of fused-ring (bicyclic) bond motifs is 2. The number of rotatable bonds is 9. The second kappa shape index (κ2) is 11.1. The van der Waals surface area contributed by atoms with Crippen molar-refractivity contribution in [3.8, 4) is 0 Å². The van der Waals surface area contributed by atoms with Gasteiger partial charge in [-0.1, -0.05) is 32.6 Å². The van der Waals surface area contributed by atoms with E-state index in [1.54, 1.807) is 0 Å². The molecule has 0 aliphatic heterocycles. The van der Waals surface area contributed by atoms with Crippen molar-refractivity contribution < 1.29 is 17.7 Å². The summed E-state index contributed by atoms with van der Waals surface area (Å²) in [6.45, 7) is 10.1. The van der Waals surface area contributed by atoms with Gasteiger partial charge in [0.1, 0.15) is 11.2 Å². The minimum atomic E-state index is -2.30. The SMILES string of the molecule is CCC[Si](OCC)(OCC)OCC.c1cc2oc1cc2C1CCCCC1. The van der Waals surface area contributed by atoms with Crippen LogP contribution in [0.15, 0.2) is 22.6 Å². The molecule has 0 atom stereocenters. The van der Waals surface area contributed by atoms with E-state index in [0.717, 1.165) is 29.5 Å². The minimum absolute atomic E-state index is 0.673. The van der Waals surface area contributed by atoms with Crippen LogP contribution in [0.1, 0.15) is 77.7 Å². The van der Waals surface area contributed by atoms with Crippen LogP contribution in [0.25, 0.3) is 11.2 Å². The second-order valence-corrected chi connectivity index (χ2v) is 9.60. The summed E-state index contributed by atoms with van der Waals surface area (Å²) >= 11 is 0. The van der Waals surface area contributed by atoms with Crippen LogP contribution in [0, 0.1) is 0 Å². The molecule has 1 saturated carbocycles. The van der Waals surface area contributed by atoms with Gasteiger partial charge in [0.25, 0.3) is 0 Å². The van der Waals surface area contributed by atoms with E-state index >= 15 is 0 Å². The van der Waals surface area contributed by atoms with Crippen LogP contribution in [0.4, 0.5) is 0 Å². The van der Waals surface area contributed by atoms with Crippen LogP contribution in [0.3, 0.4) is 0 Å². The van der Waals surface area contributed by atoms with Gasteiger partial charge in [0.2, 0.25) is 0 Å². The molecule has 148 valence electrons. The summed E-state index contributed by atoms with van der Waals surface area (Å²) in [5, 5.41) is 0. The fraction of sp³-hybridized carbons (Fsp3) is 0.714. The Labute approximate surface area is 159 Å². The molecular weight excluding hydrogens is 344 g/mol. The predicted molar refractivity (Wildman–Crippen MR) is 109 cm³/mol. The summed E-state index contributed by atoms with van der Waals surface area (Å²) in [7, 11) is -2.30. The first-order valence-electron chi connectivity index (χ1n) is 10.4. The molecule has 2 heterocycles. The fourth-order valence-corrected chi connectivity index (χ4v) is 6.46. The maximum Gasteiger partial charge on any atom is 0.500 e. The highest BCUT2D eigenvalue weighted by Crippen LogP contribution is 2.37. The lowest BCUT2D eigenvalue weighted by Crippen LogP contribution is -2.45. The Hall–Kier alpha value is -0.883. The number of furan rings is 2. The zero-order valence-electron chi connectivity index (χ0n) is 17.0. The van der Waals surface area contributed by atoms with E-state index in [9.17, 15) is 0 Å². The molecule has 2 bridgehead atoms. The molecule has 1 aliphatic rings. The van der Waals surface area contributed by atoms with Crippen LogP contribution >= 0.6 is 0 Å². The first-order valence-corrected chi connectivity index (χ1v) is 12.3. The highest BCUT2D eigenvalue weighted by molar-refractivity contribution is 6.60. The summed E-state index contributed by atoms with van der Waals surface area (Å²) in [6, 6.07) is 7.31. The van der Waals surface area contributed by atoms with Crippen molar-refractivity contribution in [2.75, 3.05) is 19.8 Å². The van der Waals surface area contributed by atoms with E-state index in [1.165, 1.54) is 37.7 Å². The van der Waals surface area contributed by atoms with Gasteiger partial charge in [0.05, 0.1) is 0 Å². The van der Waals surface area contributed by atoms with Gasteiger partial charge in [-0.3, -0.25) is 0 Å². The third-order valence-electron chi connectivity index (χ3n) is 4.90. The summed E-state index contributed by atoms with van der Waals surface area (Å²) in [6.07, 6.45) is 7.99. The van der Waals surface area contributed by atoms with Crippen molar-refractivity contribution >= 4 is 20.0 Å². The lowest BCUT2D eigenvalue weighted by molar-refractivity contribution is 0.0712. The molecule has 2 aromatic heterocycles. The van der Waals surface area contributed by atoms with Gasteiger partial charge >= 0.3 is 8.80 Å². The van der Waals surface area contributed by atoms with Gasteiger partial charge < -0.3 is 17.7 Å². The standard InChI is InChI=1S/C12H14O.C9H22O3Si/c1-2-4-9(5-3-1)11-8-10-6-7-12(11)13-10;1-5-9-13(10-6-2,11-7-3)12-8-4/h6-9H,1-5H2;5-9H2,1-4H3. The topological polar surface area (TPSA) is 40.8 Å². The van der Waals surface area contributed by atoms with Crippen molar-refractivity contribution in [2.24, 2.45) is 0 Å². The first-order chi connectivity index (χ1) is 12.7. The highest BCUT2D eigenvalue weighted by atomic mass is 28.4. The Morgan fingerprint density at radius 1 is 0.923 bits per heavy atom. The molecule has 0 aromatic carbocycles. The smallest absolute Gasteiger partial charge is 0.457 e. The Morgan fingerprint density at radius 3 is 1.96 bits per heavy atom. The summed E-state index contributed by atoms with van der Waals surface area (Å²) in [5.74, 6) is 0.784. The van der Waals surface area contributed by atoms with E-state index in [4.69, 9.17) is 17.7 Å². The largest absolute Gasteiger partial charge is 0.500 e. The van der Waals surface area contributed by atoms with Crippen LogP contribution in [0.5, 0.6) is 0 Å². The Kier molecular flexibility index (Phi) is 9.12. The van der Waals surface area contributed by atoms with Gasteiger partial charge in [-0.05, 0) is 57.7 Å². The molecular formula is C21H36O4Si. The van der Waals surface area contributed by atoms with Crippen LogP contribution < -0.4 is 0 Å². The molecule has 0 spiro atoms. The van der Waals surface area contributed by atoms with Crippen molar-refractivity contribution in [3.05, 3.63) is 23.8 Å². The number of hydrogen-bond donors (Lipinski definition) is 0. The molecule has 0 radical (unpaired) electrons. The summed E-state index contributed by atoms with van der Waals surface area (Å²) < 4.78 is 22.5. The molecule has 0 N–H and O–H groups in total. The van der Waals surface area contributed by atoms with Gasteiger partial charge in [0.15, 0.2) is 0 Å². The fourth-order valence-electron chi connectivity index (χ4n) is 3.85. The van der Waals surface area contributed by atoms with Crippen LogP contribution in [0.2, 0.25) is 6.04 Å². The molecule has 4 nitrogen and oxygen atoms in total. The number of benzene rings is 1. The molecule has 26 heavy (non-hydrogen) atoms. The maximum absolute atomic E-state index is 5.65. The average molecular weight is 381 g/mol. The lowest BCUT2D eigenvalue weighted by Gasteiger charge is -2.27. The molecule has 3 rings (SSSR count). The molecule has 0 amide bonds. The highest BCUT2D eigenvalue weighted by Gasteiger charge is 2.38. The molecule has 0 saturated heterocycles. The van der Waals surface area contributed by atoms with Crippen molar-refractivity contribution in [2.45, 2.75) is 78.2 Å². The zero-order chi connectivity index (χ0) is 18.8. The van der Waals surface area contributed by atoms with E-state index in [1.807, 2.05) is 20.8 Å². The Morgan fingerprint density at radius 2 is 1.54 bits per heavy atom. The van der Waals surface area contributed by atoms with E-state index in [0.29, 0.717) is 19.8 Å². The maximum atomic E-state index is 5.65. The molecule has 0 unspecified atom stereocenters. The van der Waals surface area contributed by atoms with E-state index in [2.05, 4.69) is 25.1 Å². The second-order valence-electron chi connectivity index (χ2n) is 6.87. The average Bonchev–Trinajstić information content (AvgIpc) is 3.27.